The van der Waals surface area contributed by atoms with Gasteiger partial charge in [-0.15, -0.1) is 0 Å². The Morgan fingerprint density at radius 1 is 0.964 bits per heavy atom. The molecule has 1 aliphatic rings. The van der Waals surface area contributed by atoms with Crippen molar-refractivity contribution in [2.45, 2.75) is 83.3 Å². The van der Waals surface area contributed by atoms with Crippen LogP contribution >= 0.6 is 0 Å². The fourth-order valence-corrected chi connectivity index (χ4v) is 3.48. The number of ether oxygens (including phenoxy) is 1. The molecule has 154 valence electrons. The largest absolute Gasteiger partial charge is 0.362 e. The Hall–Kier alpha value is -1.71. The number of aliphatic hydroxyl groups is 1. The average molecular weight is 385 g/mol. The maximum absolute atomic E-state index is 12.4. The van der Waals surface area contributed by atoms with Crippen LogP contribution in [0.5, 0.6) is 0 Å². The van der Waals surface area contributed by atoms with Gasteiger partial charge in [0.25, 0.3) is 0 Å². The monoisotopic (exact) mass is 384 g/mol. The van der Waals surface area contributed by atoms with Crippen LogP contribution in [0.2, 0.25) is 0 Å². The second-order valence-electron chi connectivity index (χ2n) is 7.77. The van der Waals surface area contributed by atoms with E-state index >= 15 is 0 Å². The van der Waals surface area contributed by atoms with Crippen LogP contribution in [-0.4, -0.2) is 23.3 Å². The van der Waals surface area contributed by atoms with Crippen LogP contribution in [0.25, 0.3) is 0 Å². The van der Waals surface area contributed by atoms with Gasteiger partial charge in [-0.2, -0.15) is 0 Å². The smallest absolute Gasteiger partial charge is 0.192 e. The van der Waals surface area contributed by atoms with E-state index in [1.807, 2.05) is 18.2 Å². The molecule has 2 rings (SSSR count). The first-order valence-corrected chi connectivity index (χ1v) is 11.0. The molecule has 1 atom stereocenters. The second kappa shape index (κ2) is 12.7. The number of unbranched alkanes of at least 4 members (excludes halogenated alkanes) is 9. The molecule has 1 aromatic carbocycles. The summed E-state index contributed by atoms with van der Waals surface area (Å²) in [6.45, 7) is 2.80. The zero-order chi connectivity index (χ0) is 20.1. The fourth-order valence-electron chi connectivity index (χ4n) is 3.48. The number of rotatable bonds is 14. The molecule has 0 saturated carbocycles. The molecular formula is C25H36O3. The van der Waals surface area contributed by atoms with Crippen molar-refractivity contribution in [3.63, 3.8) is 0 Å². The molecule has 0 fully saturated rings. The van der Waals surface area contributed by atoms with Crippen molar-refractivity contribution in [2.24, 2.45) is 0 Å². The Balaban J connectivity index is 1.57. The topological polar surface area (TPSA) is 46.5 Å². The third-order valence-electron chi connectivity index (χ3n) is 5.29. The number of benzene rings is 1. The SMILES string of the molecule is CCCCCCCCCCCCOC1(O)C=CC(C(=O)c2ccccc2)=CC1. The van der Waals surface area contributed by atoms with E-state index in [-0.39, 0.29) is 5.78 Å². The summed E-state index contributed by atoms with van der Waals surface area (Å²) in [7, 11) is 0. The van der Waals surface area contributed by atoms with E-state index in [2.05, 4.69) is 6.92 Å². The van der Waals surface area contributed by atoms with Gasteiger partial charge in [0.05, 0.1) is 6.61 Å². The maximum atomic E-state index is 12.4. The Bertz CT molecular complexity index is 632. The number of hydrogen-bond acceptors (Lipinski definition) is 3. The van der Waals surface area contributed by atoms with Crippen LogP contribution in [0.15, 0.2) is 54.1 Å². The molecule has 1 aromatic rings. The molecule has 0 amide bonds. The standard InChI is InChI=1S/C25H36O3/c1-2-3-4-5-6-7-8-9-10-14-21-28-25(27)19-17-23(18-20-25)24(26)22-15-12-11-13-16-22/h11-13,15-19,27H,2-10,14,20-21H2,1H3. The molecule has 0 spiro atoms. The Labute approximate surface area is 170 Å². The van der Waals surface area contributed by atoms with Crippen molar-refractivity contribution in [3.8, 4) is 0 Å². The molecule has 0 bridgehead atoms. The number of Topliss-reactive ketones (excluding diaryl/α,β-unsaturated/α-hetero) is 1. The lowest BCUT2D eigenvalue weighted by Gasteiger charge is -2.26. The van der Waals surface area contributed by atoms with E-state index in [1.54, 1.807) is 30.4 Å². The summed E-state index contributed by atoms with van der Waals surface area (Å²) in [5.74, 6) is -1.30. The number of carbonyl (C=O) groups is 1. The van der Waals surface area contributed by atoms with E-state index in [0.29, 0.717) is 24.2 Å². The van der Waals surface area contributed by atoms with Gasteiger partial charge in [-0.3, -0.25) is 4.79 Å². The minimum Gasteiger partial charge on any atom is -0.362 e. The predicted molar refractivity (Wildman–Crippen MR) is 115 cm³/mol. The summed E-state index contributed by atoms with van der Waals surface area (Å²) in [4.78, 5) is 12.4. The van der Waals surface area contributed by atoms with E-state index in [1.165, 1.54) is 51.4 Å². The molecule has 1 N–H and O–H groups in total. The fraction of sp³-hybridized carbons (Fsp3) is 0.560. The summed E-state index contributed by atoms with van der Waals surface area (Å²) in [5, 5.41) is 10.5. The first-order valence-electron chi connectivity index (χ1n) is 11.0. The number of hydrogen-bond donors (Lipinski definition) is 1. The average Bonchev–Trinajstić information content (AvgIpc) is 2.73. The van der Waals surface area contributed by atoms with Gasteiger partial charge in [0.15, 0.2) is 11.6 Å². The number of ketones is 1. The van der Waals surface area contributed by atoms with Gasteiger partial charge in [0, 0.05) is 17.6 Å². The molecule has 0 aliphatic heterocycles. The molecule has 0 heterocycles. The highest BCUT2D eigenvalue weighted by atomic mass is 16.6. The highest BCUT2D eigenvalue weighted by Gasteiger charge is 2.27. The molecular weight excluding hydrogens is 348 g/mol. The van der Waals surface area contributed by atoms with Crippen LogP contribution in [0.4, 0.5) is 0 Å². The van der Waals surface area contributed by atoms with Gasteiger partial charge >= 0.3 is 0 Å². The number of carbonyl (C=O) groups excluding carboxylic acids is 1. The molecule has 28 heavy (non-hydrogen) atoms. The van der Waals surface area contributed by atoms with Gasteiger partial charge in [-0.1, -0.05) is 107 Å². The van der Waals surface area contributed by atoms with Crippen molar-refractivity contribution < 1.29 is 14.6 Å². The van der Waals surface area contributed by atoms with E-state index in [4.69, 9.17) is 4.74 Å². The lowest BCUT2D eigenvalue weighted by atomic mass is 9.95. The number of allylic oxidation sites excluding steroid dienone is 2. The summed E-state index contributed by atoms with van der Waals surface area (Å²) < 4.78 is 5.69. The highest BCUT2D eigenvalue weighted by molar-refractivity contribution is 6.10. The molecule has 0 aromatic heterocycles. The normalized spacial score (nSPS) is 18.9. The van der Waals surface area contributed by atoms with Crippen LogP contribution in [0, 0.1) is 0 Å². The molecule has 1 unspecified atom stereocenters. The lowest BCUT2D eigenvalue weighted by Crippen LogP contribution is -2.31. The summed E-state index contributed by atoms with van der Waals surface area (Å²) in [6, 6.07) is 9.21. The van der Waals surface area contributed by atoms with Gasteiger partial charge in [0.2, 0.25) is 0 Å². The molecule has 3 nitrogen and oxygen atoms in total. The van der Waals surface area contributed by atoms with Gasteiger partial charge in [-0.05, 0) is 12.5 Å². The van der Waals surface area contributed by atoms with Crippen molar-refractivity contribution >= 4 is 5.78 Å². The predicted octanol–water partition coefficient (Wildman–Crippen LogP) is 6.38. The third-order valence-corrected chi connectivity index (χ3v) is 5.29. The van der Waals surface area contributed by atoms with Gasteiger partial charge in [-0.25, -0.2) is 0 Å². The zero-order valence-electron chi connectivity index (χ0n) is 17.4. The van der Waals surface area contributed by atoms with Crippen LogP contribution in [0.3, 0.4) is 0 Å². The summed E-state index contributed by atoms with van der Waals surface area (Å²) in [6.07, 6.45) is 18.1. The van der Waals surface area contributed by atoms with Crippen LogP contribution < -0.4 is 0 Å². The third kappa shape index (κ3) is 8.12. The first-order chi connectivity index (χ1) is 13.6. The minimum absolute atomic E-state index is 0.0198. The maximum Gasteiger partial charge on any atom is 0.192 e. The molecule has 0 radical (unpaired) electrons. The van der Waals surface area contributed by atoms with E-state index < -0.39 is 5.79 Å². The molecule has 1 aliphatic carbocycles. The highest BCUT2D eigenvalue weighted by Crippen LogP contribution is 2.25. The molecule has 3 heteroatoms. The van der Waals surface area contributed by atoms with E-state index in [0.717, 1.165) is 12.8 Å². The minimum atomic E-state index is -1.28. The Morgan fingerprint density at radius 3 is 2.14 bits per heavy atom. The van der Waals surface area contributed by atoms with Crippen molar-refractivity contribution in [1.82, 2.24) is 0 Å². The quantitative estimate of drug-likeness (QED) is 0.230. The van der Waals surface area contributed by atoms with Gasteiger partial charge < -0.3 is 9.84 Å². The first kappa shape index (κ1) is 22.6. The Morgan fingerprint density at radius 2 is 1.57 bits per heavy atom. The summed E-state index contributed by atoms with van der Waals surface area (Å²) >= 11 is 0. The van der Waals surface area contributed by atoms with E-state index in [9.17, 15) is 9.90 Å². The van der Waals surface area contributed by atoms with Gasteiger partial charge in [0.1, 0.15) is 0 Å². The van der Waals surface area contributed by atoms with Crippen molar-refractivity contribution in [1.29, 1.82) is 0 Å². The summed E-state index contributed by atoms with van der Waals surface area (Å²) in [5.41, 5.74) is 1.27. The lowest BCUT2D eigenvalue weighted by molar-refractivity contribution is -0.165. The van der Waals surface area contributed by atoms with Crippen LogP contribution in [-0.2, 0) is 4.74 Å². The molecule has 0 saturated heterocycles. The second-order valence-corrected chi connectivity index (χ2v) is 7.77. The zero-order valence-corrected chi connectivity index (χ0v) is 17.4. The van der Waals surface area contributed by atoms with Crippen LogP contribution in [0.1, 0.15) is 87.9 Å². The van der Waals surface area contributed by atoms with Crippen molar-refractivity contribution in [2.75, 3.05) is 6.61 Å². The Kier molecular flexibility index (Phi) is 10.2. The van der Waals surface area contributed by atoms with Crippen molar-refractivity contribution in [3.05, 3.63) is 59.7 Å².